The Labute approximate surface area is 277 Å². The lowest BCUT2D eigenvalue weighted by atomic mass is 9.62. The van der Waals surface area contributed by atoms with Crippen molar-refractivity contribution in [1.29, 1.82) is 0 Å². The van der Waals surface area contributed by atoms with Gasteiger partial charge in [-0.3, -0.25) is 0 Å². The topological polar surface area (TPSA) is 49.4 Å². The van der Waals surface area contributed by atoms with E-state index in [-0.39, 0.29) is 22.8 Å². The number of benzene rings is 6. The molecule has 6 aromatic carbocycles. The van der Waals surface area contributed by atoms with Crippen molar-refractivity contribution in [2.45, 2.75) is 11.1 Å². The fourth-order valence-electron chi connectivity index (χ4n) is 6.80. The molecular weight excluding hydrogens is 598 g/mol. The summed E-state index contributed by atoms with van der Waals surface area (Å²) in [4.78, 5) is 21.5. The van der Waals surface area contributed by atoms with Gasteiger partial charge < -0.3 is 0 Å². The molecular formula is C42H28F2N4. The highest BCUT2D eigenvalue weighted by molar-refractivity contribution is 6.29. The Balaban J connectivity index is 1.58. The van der Waals surface area contributed by atoms with E-state index in [0.29, 0.717) is 11.4 Å². The van der Waals surface area contributed by atoms with E-state index in [2.05, 4.69) is 0 Å². The number of nitrogens with zero attached hydrogens (tertiary/aromatic N) is 4. The Hall–Kier alpha value is -6.14. The van der Waals surface area contributed by atoms with Crippen LogP contribution in [0.25, 0.3) is 0 Å². The van der Waals surface area contributed by atoms with Gasteiger partial charge in [-0.15, -0.1) is 0 Å². The number of amidine groups is 2. The van der Waals surface area contributed by atoms with Gasteiger partial charge in [0.2, 0.25) is 0 Å². The van der Waals surface area contributed by atoms with Gasteiger partial charge in [-0.05, 0) is 46.5 Å². The summed E-state index contributed by atoms with van der Waals surface area (Å²) in [5, 5.41) is 0. The first-order valence-electron chi connectivity index (χ1n) is 15.7. The van der Waals surface area contributed by atoms with Crippen LogP contribution in [0.15, 0.2) is 190 Å². The van der Waals surface area contributed by atoms with E-state index < -0.39 is 22.7 Å². The quantitative estimate of drug-likeness (QED) is 0.170. The normalized spacial score (nSPS) is 20.1. The minimum absolute atomic E-state index is 0.230. The maximum absolute atomic E-state index is 15.6. The van der Waals surface area contributed by atoms with E-state index in [0.717, 1.165) is 22.3 Å². The van der Waals surface area contributed by atoms with Crippen molar-refractivity contribution < 1.29 is 8.78 Å². The van der Waals surface area contributed by atoms with Crippen molar-refractivity contribution in [2.75, 3.05) is 0 Å². The Morgan fingerprint density at radius 3 is 1.02 bits per heavy atom. The van der Waals surface area contributed by atoms with Gasteiger partial charge in [-0.2, -0.15) is 0 Å². The third-order valence-electron chi connectivity index (χ3n) is 8.90. The summed E-state index contributed by atoms with van der Waals surface area (Å²) >= 11 is 0. The number of hydrogen-bond acceptors (Lipinski definition) is 4. The summed E-state index contributed by atoms with van der Waals surface area (Å²) in [6.45, 7) is 0. The van der Waals surface area contributed by atoms with E-state index in [1.807, 2.05) is 121 Å². The van der Waals surface area contributed by atoms with Gasteiger partial charge in [0.05, 0.1) is 22.6 Å². The van der Waals surface area contributed by atoms with Crippen LogP contribution in [0.4, 0.5) is 8.78 Å². The van der Waals surface area contributed by atoms with Crippen molar-refractivity contribution in [2.24, 2.45) is 20.0 Å². The van der Waals surface area contributed by atoms with E-state index >= 15 is 8.78 Å². The lowest BCUT2D eigenvalue weighted by Crippen LogP contribution is -2.55. The Morgan fingerprint density at radius 1 is 0.354 bits per heavy atom. The Morgan fingerprint density at radius 2 is 0.667 bits per heavy atom. The predicted molar refractivity (Wildman–Crippen MR) is 188 cm³/mol. The summed E-state index contributed by atoms with van der Waals surface area (Å²) in [7, 11) is 0. The average Bonchev–Trinajstić information content (AvgIpc) is 3.76. The zero-order valence-corrected chi connectivity index (χ0v) is 25.7. The number of hydrogen-bond donors (Lipinski definition) is 0. The van der Waals surface area contributed by atoms with Gasteiger partial charge in [0.1, 0.15) is 11.6 Å². The van der Waals surface area contributed by atoms with Crippen LogP contribution < -0.4 is 0 Å². The first-order valence-corrected chi connectivity index (χ1v) is 15.7. The maximum Gasteiger partial charge on any atom is 0.165 e. The highest BCUT2D eigenvalue weighted by Crippen LogP contribution is 2.55. The third-order valence-corrected chi connectivity index (χ3v) is 8.90. The summed E-state index contributed by atoms with van der Waals surface area (Å²) < 4.78 is 31.3. The van der Waals surface area contributed by atoms with Crippen LogP contribution in [0.2, 0.25) is 0 Å². The molecule has 230 valence electrons. The van der Waals surface area contributed by atoms with Gasteiger partial charge in [-0.25, -0.2) is 28.8 Å². The van der Waals surface area contributed by atoms with Crippen molar-refractivity contribution in [3.63, 3.8) is 0 Å². The number of rotatable bonds is 7. The van der Waals surface area contributed by atoms with E-state index in [1.165, 1.54) is 12.1 Å². The summed E-state index contributed by atoms with van der Waals surface area (Å²) in [6, 6.07) is 52.3. The summed E-state index contributed by atoms with van der Waals surface area (Å²) in [5.41, 5.74) is 1.91. The first kappa shape index (κ1) is 29.3. The van der Waals surface area contributed by atoms with Crippen LogP contribution in [0, 0.1) is 11.6 Å². The summed E-state index contributed by atoms with van der Waals surface area (Å²) in [6.07, 6.45) is 0. The second-order valence-electron chi connectivity index (χ2n) is 11.6. The third kappa shape index (κ3) is 4.56. The van der Waals surface area contributed by atoms with Crippen molar-refractivity contribution in [1.82, 2.24) is 0 Å². The predicted octanol–water partition coefficient (Wildman–Crippen LogP) is 8.96. The fraction of sp³-hybridized carbons (Fsp3) is 0.0476. The molecule has 0 radical (unpaired) electrons. The monoisotopic (exact) mass is 626 g/mol. The van der Waals surface area contributed by atoms with Crippen LogP contribution in [-0.4, -0.2) is 23.1 Å². The molecule has 0 amide bonds. The lowest BCUT2D eigenvalue weighted by Gasteiger charge is -2.44. The molecule has 2 heterocycles. The number of halogens is 2. The second kappa shape index (κ2) is 11.9. The van der Waals surface area contributed by atoms with Gasteiger partial charge >= 0.3 is 0 Å². The van der Waals surface area contributed by atoms with Gasteiger partial charge in [0, 0.05) is 0 Å². The molecule has 6 aromatic rings. The fourth-order valence-corrected chi connectivity index (χ4v) is 6.80. The number of aliphatic imine (C=N–C) groups is 4. The minimum Gasteiger partial charge on any atom is -0.244 e. The molecule has 0 spiro atoms. The van der Waals surface area contributed by atoms with E-state index in [9.17, 15) is 0 Å². The standard InChI is InChI=1S/C42H28F2N4/c43-35-27-15-13-25-33(35)39-45-37(29-17-5-1-6-18-29)41(47-39,31-21-9-3-10-22-31)42(32-23-11-4-12-24-32)38(30-19-7-2-8-20-30)46-40(48-42)34-26-14-16-28-36(34)44/h1-28H. The molecule has 2 atom stereocenters. The maximum atomic E-state index is 15.6. The van der Waals surface area contributed by atoms with Crippen LogP contribution in [0.3, 0.4) is 0 Å². The van der Waals surface area contributed by atoms with Crippen molar-refractivity contribution in [3.05, 3.63) is 215 Å². The Bertz CT molecular complexity index is 2090. The molecule has 8 rings (SSSR count). The molecule has 2 unspecified atom stereocenters. The van der Waals surface area contributed by atoms with Gasteiger partial charge in [0.15, 0.2) is 22.7 Å². The molecule has 0 bridgehead atoms. The second-order valence-corrected chi connectivity index (χ2v) is 11.6. The first-order chi connectivity index (χ1) is 23.6. The average molecular weight is 627 g/mol. The van der Waals surface area contributed by atoms with Gasteiger partial charge in [0.25, 0.3) is 0 Å². The van der Waals surface area contributed by atoms with E-state index in [1.54, 1.807) is 36.4 Å². The zero-order valence-electron chi connectivity index (χ0n) is 25.7. The lowest BCUT2D eigenvalue weighted by molar-refractivity contribution is 0.420. The molecule has 2 aliphatic heterocycles. The molecule has 0 aromatic heterocycles. The summed E-state index contributed by atoms with van der Waals surface area (Å²) in [5.74, 6) is -0.422. The molecule has 0 fully saturated rings. The molecule has 0 saturated carbocycles. The molecule has 0 saturated heterocycles. The van der Waals surface area contributed by atoms with E-state index in [4.69, 9.17) is 20.0 Å². The molecule has 0 aliphatic carbocycles. The molecule has 0 N–H and O–H groups in total. The highest BCUT2D eigenvalue weighted by atomic mass is 19.1. The molecule has 6 heteroatoms. The largest absolute Gasteiger partial charge is 0.244 e. The minimum atomic E-state index is -1.43. The molecule has 48 heavy (non-hydrogen) atoms. The van der Waals surface area contributed by atoms with Crippen molar-refractivity contribution in [3.8, 4) is 0 Å². The zero-order chi connectivity index (χ0) is 32.6. The van der Waals surface area contributed by atoms with Crippen LogP contribution in [0.1, 0.15) is 33.4 Å². The smallest absolute Gasteiger partial charge is 0.165 e. The highest BCUT2D eigenvalue weighted by Gasteiger charge is 2.64. The van der Waals surface area contributed by atoms with Gasteiger partial charge in [-0.1, -0.05) is 146 Å². The van der Waals surface area contributed by atoms with Crippen LogP contribution in [-0.2, 0) is 11.1 Å². The SMILES string of the molecule is Fc1ccccc1C1=NC(c2ccccc2)(C2(c3ccccc3)N=C(c3ccccc3F)N=C2c2ccccc2)C(c2ccccc2)=N1. The van der Waals surface area contributed by atoms with Crippen LogP contribution in [0.5, 0.6) is 0 Å². The molecule has 4 nitrogen and oxygen atoms in total. The van der Waals surface area contributed by atoms with Crippen LogP contribution >= 0.6 is 0 Å². The van der Waals surface area contributed by atoms with Crippen molar-refractivity contribution >= 4 is 23.1 Å². The Kier molecular flexibility index (Phi) is 7.26. The molecule has 2 aliphatic rings.